The molecule has 8 nitrogen and oxygen atoms in total. The van der Waals surface area contributed by atoms with Gasteiger partial charge in [-0.2, -0.15) is 4.39 Å². The third-order valence-electron chi connectivity index (χ3n) is 3.14. The molecule has 0 heterocycles. The first-order valence-electron chi connectivity index (χ1n) is 7.25. The van der Waals surface area contributed by atoms with E-state index in [0.29, 0.717) is 0 Å². The van der Waals surface area contributed by atoms with E-state index in [2.05, 4.69) is 16.0 Å². The summed E-state index contributed by atoms with van der Waals surface area (Å²) >= 11 is 0. The number of hydrogen-bond acceptors (Lipinski definition) is 5. The second-order valence-electron chi connectivity index (χ2n) is 4.99. The zero-order valence-corrected chi connectivity index (χ0v) is 13.0. The molecular weight excluding hydrogens is 331 g/mol. The Bertz CT molecular complexity index is 783. The third kappa shape index (κ3) is 5.57. The number of nitrogens with one attached hydrogen (secondary N) is 3. The van der Waals surface area contributed by atoms with E-state index in [1.54, 1.807) is 0 Å². The van der Waals surface area contributed by atoms with Gasteiger partial charge < -0.3 is 10.6 Å². The van der Waals surface area contributed by atoms with Crippen molar-refractivity contribution in [2.75, 3.05) is 11.9 Å². The summed E-state index contributed by atoms with van der Waals surface area (Å²) in [4.78, 5) is 33.1. The summed E-state index contributed by atoms with van der Waals surface area (Å²) in [5.41, 5.74) is 0.362. The Hall–Kier alpha value is -3.49. The van der Waals surface area contributed by atoms with Crippen molar-refractivity contribution in [3.05, 3.63) is 70.0 Å². The molecule has 2 aromatic rings. The number of nitro groups is 1. The predicted octanol–water partition coefficient (Wildman–Crippen LogP) is 2.17. The van der Waals surface area contributed by atoms with Gasteiger partial charge in [-0.1, -0.05) is 30.3 Å². The number of carbonyl (C=O) groups is 2. The van der Waals surface area contributed by atoms with Crippen LogP contribution in [0.15, 0.2) is 48.5 Å². The molecule has 0 bridgehead atoms. The number of nitrogens with zero attached hydrogens (tertiary/aromatic N) is 1. The zero-order valence-electron chi connectivity index (χ0n) is 13.0. The number of halogens is 1. The second-order valence-corrected chi connectivity index (χ2v) is 4.99. The smallest absolute Gasteiger partial charge is 0.321 e. The topological polar surface area (TPSA) is 113 Å². The molecule has 0 unspecified atom stereocenters. The number of imide groups is 1. The summed E-state index contributed by atoms with van der Waals surface area (Å²) in [5.74, 6) is -1.61. The highest BCUT2D eigenvalue weighted by Gasteiger charge is 2.15. The molecule has 2 rings (SSSR count). The minimum Gasteiger partial charge on any atom is -0.376 e. The molecule has 0 aliphatic heterocycles. The molecule has 3 N–H and O–H groups in total. The molecule has 25 heavy (non-hydrogen) atoms. The standard InChI is InChI=1S/C16H15FN4O4/c17-13-7-6-12(8-14(13)21(24)25)18-10-15(22)20-16(23)19-9-11-4-2-1-3-5-11/h1-8,18H,9-10H2,(H2,19,20,22,23). The van der Waals surface area contributed by atoms with Gasteiger partial charge in [-0.3, -0.25) is 20.2 Å². The normalized spacial score (nSPS) is 9.96. The lowest BCUT2D eigenvalue weighted by molar-refractivity contribution is -0.387. The maximum atomic E-state index is 13.2. The van der Waals surface area contributed by atoms with Crippen molar-refractivity contribution in [1.82, 2.24) is 10.6 Å². The van der Waals surface area contributed by atoms with Gasteiger partial charge in [-0.25, -0.2) is 4.79 Å². The minimum atomic E-state index is -0.972. The lowest BCUT2D eigenvalue weighted by Crippen LogP contribution is -2.41. The van der Waals surface area contributed by atoms with Gasteiger partial charge in [-0.05, 0) is 17.7 Å². The number of amides is 3. The van der Waals surface area contributed by atoms with E-state index in [-0.39, 0.29) is 18.8 Å². The Morgan fingerprint density at radius 1 is 1.12 bits per heavy atom. The molecule has 0 radical (unpaired) electrons. The van der Waals surface area contributed by atoms with Gasteiger partial charge in [0, 0.05) is 18.3 Å². The first-order valence-corrected chi connectivity index (χ1v) is 7.25. The summed E-state index contributed by atoms with van der Waals surface area (Å²) in [6.07, 6.45) is 0. The number of anilines is 1. The molecule has 9 heteroatoms. The van der Waals surface area contributed by atoms with Crippen molar-refractivity contribution >= 4 is 23.3 Å². The number of rotatable bonds is 6. The maximum Gasteiger partial charge on any atom is 0.321 e. The highest BCUT2D eigenvalue weighted by molar-refractivity contribution is 5.96. The van der Waals surface area contributed by atoms with E-state index in [1.165, 1.54) is 6.07 Å². The van der Waals surface area contributed by atoms with E-state index < -0.39 is 28.4 Å². The van der Waals surface area contributed by atoms with Gasteiger partial charge in [-0.15, -0.1) is 0 Å². The van der Waals surface area contributed by atoms with Crippen LogP contribution in [0.2, 0.25) is 0 Å². The maximum absolute atomic E-state index is 13.2. The molecule has 0 saturated carbocycles. The Kier molecular flexibility index (Phi) is 5.99. The minimum absolute atomic E-state index is 0.188. The molecule has 2 aromatic carbocycles. The fraction of sp³-hybridized carbons (Fsp3) is 0.125. The van der Waals surface area contributed by atoms with E-state index in [1.807, 2.05) is 30.3 Å². The van der Waals surface area contributed by atoms with Crippen LogP contribution >= 0.6 is 0 Å². The number of benzene rings is 2. The number of hydrogen-bond donors (Lipinski definition) is 3. The highest BCUT2D eigenvalue weighted by Crippen LogP contribution is 2.21. The summed E-state index contributed by atoms with van der Waals surface area (Å²) in [5, 5.41) is 17.9. The van der Waals surface area contributed by atoms with Crippen molar-refractivity contribution in [3.8, 4) is 0 Å². The van der Waals surface area contributed by atoms with Gasteiger partial charge in [0.25, 0.3) is 0 Å². The SMILES string of the molecule is O=C(CNc1ccc(F)c([N+](=O)[O-])c1)NC(=O)NCc1ccccc1. The fourth-order valence-electron chi connectivity index (χ4n) is 1.94. The average molecular weight is 346 g/mol. The molecule has 3 amide bonds. The largest absolute Gasteiger partial charge is 0.376 e. The van der Waals surface area contributed by atoms with Crippen LogP contribution in [0.1, 0.15) is 5.56 Å². The molecule has 0 aromatic heterocycles. The number of carbonyl (C=O) groups excluding carboxylic acids is 2. The Balaban J connectivity index is 1.79. The van der Waals surface area contributed by atoms with Crippen LogP contribution in [0.25, 0.3) is 0 Å². The second kappa shape index (κ2) is 8.39. The lowest BCUT2D eigenvalue weighted by Gasteiger charge is -2.08. The van der Waals surface area contributed by atoms with Gasteiger partial charge in [0.15, 0.2) is 0 Å². The fourth-order valence-corrected chi connectivity index (χ4v) is 1.94. The van der Waals surface area contributed by atoms with Gasteiger partial charge in [0.1, 0.15) is 0 Å². The Morgan fingerprint density at radius 3 is 2.52 bits per heavy atom. The number of nitro benzene ring substituents is 1. The van der Waals surface area contributed by atoms with Crippen molar-refractivity contribution in [2.45, 2.75) is 6.54 Å². The van der Waals surface area contributed by atoms with Crippen LogP contribution < -0.4 is 16.0 Å². The molecule has 0 fully saturated rings. The van der Waals surface area contributed by atoms with Crippen LogP contribution in [0, 0.1) is 15.9 Å². The predicted molar refractivity (Wildman–Crippen MR) is 88.4 cm³/mol. The molecule has 0 aliphatic rings. The quantitative estimate of drug-likeness (QED) is 0.548. The van der Waals surface area contributed by atoms with E-state index in [0.717, 1.165) is 17.7 Å². The van der Waals surface area contributed by atoms with Gasteiger partial charge >= 0.3 is 11.7 Å². The summed E-state index contributed by atoms with van der Waals surface area (Å²) in [6, 6.07) is 11.6. The van der Waals surface area contributed by atoms with Crippen LogP contribution in [-0.2, 0) is 11.3 Å². The molecule has 0 saturated heterocycles. The van der Waals surface area contributed by atoms with Crippen molar-refractivity contribution in [2.24, 2.45) is 0 Å². The van der Waals surface area contributed by atoms with Crippen molar-refractivity contribution < 1.29 is 18.9 Å². The van der Waals surface area contributed by atoms with E-state index >= 15 is 0 Å². The lowest BCUT2D eigenvalue weighted by atomic mass is 10.2. The van der Waals surface area contributed by atoms with Crippen LogP contribution in [0.5, 0.6) is 0 Å². The van der Waals surface area contributed by atoms with E-state index in [9.17, 15) is 24.1 Å². The van der Waals surface area contributed by atoms with Crippen LogP contribution in [-0.4, -0.2) is 23.4 Å². The molecule has 0 atom stereocenters. The van der Waals surface area contributed by atoms with Gasteiger partial charge in [0.05, 0.1) is 11.5 Å². The number of urea groups is 1. The zero-order chi connectivity index (χ0) is 18.2. The van der Waals surface area contributed by atoms with Crippen molar-refractivity contribution in [3.63, 3.8) is 0 Å². The molecule has 130 valence electrons. The van der Waals surface area contributed by atoms with Crippen LogP contribution in [0.3, 0.4) is 0 Å². The monoisotopic (exact) mass is 346 g/mol. The summed E-state index contributed by atoms with van der Waals surface area (Å²) < 4.78 is 13.2. The van der Waals surface area contributed by atoms with Crippen LogP contribution in [0.4, 0.5) is 20.6 Å². The molecule has 0 spiro atoms. The Labute approximate surface area is 142 Å². The highest BCUT2D eigenvalue weighted by atomic mass is 19.1. The average Bonchev–Trinajstić information content (AvgIpc) is 2.60. The summed E-state index contributed by atoms with van der Waals surface area (Å²) in [7, 11) is 0. The van der Waals surface area contributed by atoms with E-state index in [4.69, 9.17) is 0 Å². The first-order chi connectivity index (χ1) is 12.0. The molecule has 0 aliphatic carbocycles. The van der Waals surface area contributed by atoms with Crippen molar-refractivity contribution in [1.29, 1.82) is 0 Å². The summed E-state index contributed by atoms with van der Waals surface area (Å²) in [6.45, 7) is -0.0426. The third-order valence-corrected chi connectivity index (χ3v) is 3.14. The molecular formula is C16H15FN4O4. The van der Waals surface area contributed by atoms with Gasteiger partial charge in [0.2, 0.25) is 11.7 Å². The Morgan fingerprint density at radius 2 is 1.84 bits per heavy atom. The first kappa shape index (κ1) is 17.9.